The molecule has 0 bridgehead atoms. The summed E-state index contributed by atoms with van der Waals surface area (Å²) in [4.78, 5) is 14.3. The van der Waals surface area contributed by atoms with Gasteiger partial charge in [0.2, 0.25) is 5.91 Å². The van der Waals surface area contributed by atoms with Crippen LogP contribution in [-0.2, 0) is 11.2 Å². The predicted molar refractivity (Wildman–Crippen MR) is 87.3 cm³/mol. The standard InChI is InChI=1S/C17H27N3O/c1-3-13-5-7-15(8-6-13)19-17(21)12-20-10-9-16(18)14(4-2)11-20/h5-8,14,16H,3-4,9-12,18H2,1-2H3,(H,19,21). The number of nitrogens with one attached hydrogen (secondary N) is 1. The molecule has 0 aliphatic carbocycles. The minimum atomic E-state index is 0.0598. The zero-order chi connectivity index (χ0) is 15.2. The van der Waals surface area contributed by atoms with E-state index in [1.165, 1.54) is 5.56 Å². The van der Waals surface area contributed by atoms with Gasteiger partial charge in [0.25, 0.3) is 0 Å². The number of anilines is 1. The van der Waals surface area contributed by atoms with Gasteiger partial charge in [0.05, 0.1) is 6.54 Å². The maximum Gasteiger partial charge on any atom is 0.238 e. The van der Waals surface area contributed by atoms with Gasteiger partial charge in [0.1, 0.15) is 0 Å². The highest BCUT2D eigenvalue weighted by atomic mass is 16.2. The second-order valence-corrected chi connectivity index (χ2v) is 5.95. The number of nitrogens with two attached hydrogens (primary N) is 1. The Labute approximate surface area is 127 Å². The Morgan fingerprint density at radius 2 is 2.05 bits per heavy atom. The number of aryl methyl sites for hydroxylation is 1. The first-order chi connectivity index (χ1) is 10.1. The van der Waals surface area contributed by atoms with Gasteiger partial charge in [-0.3, -0.25) is 9.69 Å². The minimum absolute atomic E-state index is 0.0598. The van der Waals surface area contributed by atoms with Gasteiger partial charge in [-0.15, -0.1) is 0 Å². The zero-order valence-electron chi connectivity index (χ0n) is 13.1. The summed E-state index contributed by atoms with van der Waals surface area (Å²) in [5.41, 5.74) is 8.26. The van der Waals surface area contributed by atoms with Crippen LogP contribution in [0.25, 0.3) is 0 Å². The van der Waals surface area contributed by atoms with Crippen molar-refractivity contribution in [2.45, 2.75) is 39.2 Å². The van der Waals surface area contributed by atoms with Crippen molar-refractivity contribution in [3.8, 4) is 0 Å². The molecule has 1 heterocycles. The third kappa shape index (κ3) is 4.55. The fourth-order valence-electron chi connectivity index (χ4n) is 2.93. The highest BCUT2D eigenvalue weighted by molar-refractivity contribution is 5.92. The minimum Gasteiger partial charge on any atom is -0.327 e. The SMILES string of the molecule is CCc1ccc(NC(=O)CN2CCC(N)C(CC)C2)cc1. The highest BCUT2D eigenvalue weighted by Crippen LogP contribution is 2.18. The average Bonchev–Trinajstić information content (AvgIpc) is 2.50. The van der Waals surface area contributed by atoms with E-state index in [1.54, 1.807) is 0 Å². The molecule has 3 N–H and O–H groups in total. The van der Waals surface area contributed by atoms with E-state index in [4.69, 9.17) is 5.73 Å². The maximum absolute atomic E-state index is 12.1. The molecule has 2 rings (SSSR count). The van der Waals surface area contributed by atoms with E-state index in [0.29, 0.717) is 12.5 Å². The van der Waals surface area contributed by atoms with E-state index in [-0.39, 0.29) is 11.9 Å². The quantitative estimate of drug-likeness (QED) is 0.874. The Morgan fingerprint density at radius 3 is 2.67 bits per heavy atom. The van der Waals surface area contributed by atoms with Crippen molar-refractivity contribution < 1.29 is 4.79 Å². The Morgan fingerprint density at radius 1 is 1.33 bits per heavy atom. The molecule has 0 spiro atoms. The van der Waals surface area contributed by atoms with Gasteiger partial charge in [-0.05, 0) is 36.5 Å². The number of amides is 1. The van der Waals surface area contributed by atoms with Crippen LogP contribution in [0.3, 0.4) is 0 Å². The normalized spacial score (nSPS) is 23.0. The van der Waals surface area contributed by atoms with E-state index in [2.05, 4.69) is 36.2 Å². The van der Waals surface area contributed by atoms with Crippen molar-refractivity contribution in [1.29, 1.82) is 0 Å². The number of carbonyl (C=O) groups excluding carboxylic acids is 1. The molecule has 1 aromatic carbocycles. The average molecular weight is 289 g/mol. The third-order valence-electron chi connectivity index (χ3n) is 4.41. The maximum atomic E-state index is 12.1. The Bertz CT molecular complexity index is 458. The number of nitrogens with zero attached hydrogens (tertiary/aromatic N) is 1. The molecule has 0 aromatic heterocycles. The van der Waals surface area contributed by atoms with Crippen molar-refractivity contribution in [2.75, 3.05) is 25.0 Å². The molecule has 2 atom stereocenters. The summed E-state index contributed by atoms with van der Waals surface area (Å²) < 4.78 is 0. The molecule has 1 amide bonds. The van der Waals surface area contributed by atoms with Gasteiger partial charge in [-0.2, -0.15) is 0 Å². The van der Waals surface area contributed by atoms with Crippen LogP contribution in [0.15, 0.2) is 24.3 Å². The third-order valence-corrected chi connectivity index (χ3v) is 4.41. The van der Waals surface area contributed by atoms with Gasteiger partial charge in [-0.25, -0.2) is 0 Å². The monoisotopic (exact) mass is 289 g/mol. The lowest BCUT2D eigenvalue weighted by Gasteiger charge is -2.36. The summed E-state index contributed by atoms with van der Waals surface area (Å²) in [6.07, 6.45) is 3.08. The lowest BCUT2D eigenvalue weighted by Crippen LogP contribution is -2.48. The van der Waals surface area contributed by atoms with Crippen molar-refractivity contribution in [1.82, 2.24) is 4.90 Å². The van der Waals surface area contributed by atoms with Crippen molar-refractivity contribution >= 4 is 11.6 Å². The summed E-state index contributed by atoms with van der Waals surface area (Å²) >= 11 is 0. The molecular weight excluding hydrogens is 262 g/mol. The number of hydrogen-bond acceptors (Lipinski definition) is 3. The van der Waals surface area contributed by atoms with E-state index in [1.807, 2.05) is 12.1 Å². The van der Waals surface area contributed by atoms with Crippen LogP contribution in [-0.4, -0.2) is 36.5 Å². The lowest BCUT2D eigenvalue weighted by atomic mass is 9.91. The predicted octanol–water partition coefficient (Wildman–Crippen LogP) is 2.25. The first kappa shape index (κ1) is 16.0. The van der Waals surface area contributed by atoms with Gasteiger partial charge in [-0.1, -0.05) is 32.4 Å². The topological polar surface area (TPSA) is 58.4 Å². The van der Waals surface area contributed by atoms with Crippen LogP contribution < -0.4 is 11.1 Å². The molecule has 1 fully saturated rings. The molecule has 116 valence electrons. The fourth-order valence-corrected chi connectivity index (χ4v) is 2.93. The zero-order valence-corrected chi connectivity index (χ0v) is 13.1. The van der Waals surface area contributed by atoms with Gasteiger partial charge in [0, 0.05) is 24.8 Å². The molecular formula is C17H27N3O. The van der Waals surface area contributed by atoms with Crippen LogP contribution >= 0.6 is 0 Å². The van der Waals surface area contributed by atoms with Crippen LogP contribution in [0.1, 0.15) is 32.3 Å². The number of rotatable bonds is 5. The first-order valence-corrected chi connectivity index (χ1v) is 7.99. The number of carbonyl (C=O) groups is 1. The van der Waals surface area contributed by atoms with Crippen molar-refractivity contribution in [3.05, 3.63) is 29.8 Å². The second kappa shape index (κ2) is 7.57. The van der Waals surface area contributed by atoms with Gasteiger partial charge < -0.3 is 11.1 Å². The van der Waals surface area contributed by atoms with Gasteiger partial charge in [0.15, 0.2) is 0 Å². The number of piperidine rings is 1. The smallest absolute Gasteiger partial charge is 0.238 e. The summed E-state index contributed by atoms with van der Waals surface area (Å²) in [6.45, 7) is 6.60. The summed E-state index contributed by atoms with van der Waals surface area (Å²) in [5, 5.41) is 2.97. The summed E-state index contributed by atoms with van der Waals surface area (Å²) in [7, 11) is 0. The molecule has 1 aliphatic heterocycles. The van der Waals surface area contributed by atoms with Crippen molar-refractivity contribution in [2.24, 2.45) is 11.7 Å². The van der Waals surface area contributed by atoms with E-state index in [9.17, 15) is 4.79 Å². The molecule has 4 nitrogen and oxygen atoms in total. The number of likely N-dealkylation sites (tertiary alicyclic amines) is 1. The number of hydrogen-bond donors (Lipinski definition) is 2. The summed E-state index contributed by atoms with van der Waals surface area (Å²) in [5.74, 6) is 0.569. The van der Waals surface area contributed by atoms with E-state index in [0.717, 1.165) is 38.0 Å². The molecule has 4 heteroatoms. The Hall–Kier alpha value is -1.39. The molecule has 0 saturated carbocycles. The molecule has 2 unspecified atom stereocenters. The Kier molecular flexibility index (Phi) is 5.76. The largest absolute Gasteiger partial charge is 0.327 e. The van der Waals surface area contributed by atoms with Gasteiger partial charge >= 0.3 is 0 Å². The molecule has 1 aromatic rings. The van der Waals surface area contributed by atoms with Crippen molar-refractivity contribution in [3.63, 3.8) is 0 Å². The second-order valence-electron chi connectivity index (χ2n) is 5.95. The molecule has 1 saturated heterocycles. The van der Waals surface area contributed by atoms with Crippen LogP contribution in [0.5, 0.6) is 0 Å². The van der Waals surface area contributed by atoms with E-state index >= 15 is 0 Å². The summed E-state index contributed by atoms with van der Waals surface area (Å²) in [6, 6.07) is 8.34. The molecule has 1 aliphatic rings. The lowest BCUT2D eigenvalue weighted by molar-refractivity contribution is -0.117. The fraction of sp³-hybridized carbons (Fsp3) is 0.588. The number of benzene rings is 1. The molecule has 21 heavy (non-hydrogen) atoms. The van der Waals surface area contributed by atoms with Crippen LogP contribution in [0, 0.1) is 5.92 Å². The highest BCUT2D eigenvalue weighted by Gasteiger charge is 2.26. The van der Waals surface area contributed by atoms with E-state index < -0.39 is 0 Å². The molecule has 0 radical (unpaired) electrons. The Balaban J connectivity index is 1.83. The van der Waals surface area contributed by atoms with Crippen LogP contribution in [0.4, 0.5) is 5.69 Å². The van der Waals surface area contributed by atoms with Crippen LogP contribution in [0.2, 0.25) is 0 Å². The first-order valence-electron chi connectivity index (χ1n) is 7.99.